The van der Waals surface area contributed by atoms with Gasteiger partial charge in [0.15, 0.2) is 8.32 Å². The summed E-state index contributed by atoms with van der Waals surface area (Å²) < 4.78 is 24.3. The second kappa shape index (κ2) is 11.4. The highest BCUT2D eigenvalue weighted by atomic mass is 28.4. The van der Waals surface area contributed by atoms with Crippen LogP contribution in [0.4, 0.5) is 0 Å². The van der Waals surface area contributed by atoms with Gasteiger partial charge in [-0.15, -0.1) is 0 Å². The summed E-state index contributed by atoms with van der Waals surface area (Å²) in [6.07, 6.45) is 1.64. The highest BCUT2D eigenvalue weighted by Gasteiger charge is 2.70. The van der Waals surface area contributed by atoms with E-state index in [-0.39, 0.29) is 22.4 Å². The molecule has 6 nitrogen and oxygen atoms in total. The zero-order valence-electron chi connectivity index (χ0n) is 23.3. The molecule has 196 valence electrons. The number of rotatable bonds is 15. The SMILES string of the molecule is C=C(C)C(=O)OCCC[Si](C)(C)OC1(C)C[Si]1(C)OC(C)(C)[Si](C)(C)CCCOC(=O)C(=C)C. The lowest BCUT2D eigenvalue weighted by Gasteiger charge is -2.43. The fourth-order valence-corrected chi connectivity index (χ4v) is 15.2. The van der Waals surface area contributed by atoms with Crippen molar-refractivity contribution in [1.29, 1.82) is 0 Å². The van der Waals surface area contributed by atoms with Crippen LogP contribution in [-0.4, -0.2) is 60.3 Å². The van der Waals surface area contributed by atoms with Crippen LogP contribution in [0.5, 0.6) is 0 Å². The fraction of sp³-hybridized carbons (Fsp3) is 0.760. The van der Waals surface area contributed by atoms with Crippen LogP contribution in [0, 0.1) is 0 Å². The monoisotopic (exact) mass is 528 g/mol. The first-order chi connectivity index (χ1) is 15.3. The van der Waals surface area contributed by atoms with Crippen molar-refractivity contribution in [2.24, 2.45) is 0 Å². The lowest BCUT2D eigenvalue weighted by molar-refractivity contribution is -0.139. The van der Waals surface area contributed by atoms with E-state index in [1.54, 1.807) is 13.8 Å². The third-order valence-corrected chi connectivity index (χ3v) is 19.6. The molecule has 1 fully saturated rings. The van der Waals surface area contributed by atoms with Gasteiger partial charge in [0.05, 0.1) is 26.5 Å². The molecule has 0 N–H and O–H groups in total. The lowest BCUT2D eigenvalue weighted by Crippen LogP contribution is -2.56. The van der Waals surface area contributed by atoms with Crippen LogP contribution < -0.4 is 0 Å². The van der Waals surface area contributed by atoms with Crippen molar-refractivity contribution in [1.82, 2.24) is 0 Å². The molecule has 9 heteroatoms. The van der Waals surface area contributed by atoms with Crippen molar-refractivity contribution in [2.75, 3.05) is 13.2 Å². The Morgan fingerprint density at radius 2 is 1.38 bits per heavy atom. The molecule has 0 aromatic rings. The van der Waals surface area contributed by atoms with Gasteiger partial charge in [-0.05, 0) is 79.2 Å². The van der Waals surface area contributed by atoms with Gasteiger partial charge >= 0.3 is 11.9 Å². The van der Waals surface area contributed by atoms with E-state index in [2.05, 4.69) is 66.7 Å². The van der Waals surface area contributed by atoms with Gasteiger partial charge in [0.2, 0.25) is 8.32 Å². The van der Waals surface area contributed by atoms with E-state index in [9.17, 15) is 9.59 Å². The highest BCUT2D eigenvalue weighted by Crippen LogP contribution is 2.54. The summed E-state index contributed by atoms with van der Waals surface area (Å²) in [6.45, 7) is 29.6. The highest BCUT2D eigenvalue weighted by molar-refractivity contribution is 6.89. The molecular weight excluding hydrogens is 481 g/mol. The largest absolute Gasteiger partial charge is 0.462 e. The number of carbonyl (C=O) groups excluding carboxylic acids is 2. The van der Waals surface area contributed by atoms with E-state index < -0.39 is 24.7 Å². The minimum atomic E-state index is -2.02. The Kier molecular flexibility index (Phi) is 10.4. The average molecular weight is 529 g/mol. The lowest BCUT2D eigenvalue weighted by atomic mass is 10.4. The summed E-state index contributed by atoms with van der Waals surface area (Å²) in [5, 5.41) is -0.369. The first-order valence-corrected chi connectivity index (χ1v) is 21.3. The Bertz CT molecular complexity index is 792. The molecule has 2 unspecified atom stereocenters. The number of hydrogen-bond donors (Lipinski definition) is 0. The standard InChI is InChI=1S/C25H48O6Si3/c1-20(2)22(26)28-15-13-17-32(8,9)24(5,6)30-34(12)19-25(34,7)31-33(10,11)18-14-16-29-23(27)21(3)4/h1,3,13-19H2,2,4-12H3. The topological polar surface area (TPSA) is 71.1 Å². The van der Waals surface area contributed by atoms with Gasteiger partial charge in [-0.1, -0.05) is 32.3 Å². The molecule has 0 aromatic carbocycles. The van der Waals surface area contributed by atoms with Crippen LogP contribution in [0.3, 0.4) is 0 Å². The summed E-state index contributed by atoms with van der Waals surface area (Å²) in [5.41, 5.74) is 0.866. The maximum Gasteiger partial charge on any atom is 0.333 e. The van der Waals surface area contributed by atoms with Gasteiger partial charge < -0.3 is 18.3 Å². The number of carbonyl (C=O) groups is 2. The van der Waals surface area contributed by atoms with E-state index in [0.717, 1.165) is 31.0 Å². The first-order valence-electron chi connectivity index (χ1n) is 12.3. The van der Waals surface area contributed by atoms with Gasteiger partial charge in [0, 0.05) is 16.4 Å². The zero-order chi connectivity index (χ0) is 26.6. The van der Waals surface area contributed by atoms with Crippen molar-refractivity contribution < 1.29 is 27.9 Å². The fourth-order valence-electron chi connectivity index (χ4n) is 4.14. The predicted molar refractivity (Wildman–Crippen MR) is 146 cm³/mol. The quantitative estimate of drug-likeness (QED) is 0.110. The van der Waals surface area contributed by atoms with E-state index in [1.165, 1.54) is 0 Å². The van der Waals surface area contributed by atoms with Gasteiger partial charge in [-0.2, -0.15) is 0 Å². The van der Waals surface area contributed by atoms with Gasteiger partial charge in [-0.3, -0.25) is 0 Å². The zero-order valence-corrected chi connectivity index (χ0v) is 26.3. The Labute approximate surface area is 210 Å². The third kappa shape index (κ3) is 8.58. The van der Waals surface area contributed by atoms with Crippen molar-refractivity contribution in [3.05, 3.63) is 24.3 Å². The van der Waals surface area contributed by atoms with Crippen LogP contribution in [0.15, 0.2) is 24.3 Å². The molecule has 0 spiro atoms. The molecule has 0 bridgehead atoms. The molecule has 0 radical (unpaired) electrons. The third-order valence-electron chi connectivity index (χ3n) is 7.31. The van der Waals surface area contributed by atoms with Crippen LogP contribution in [-0.2, 0) is 27.9 Å². The van der Waals surface area contributed by atoms with Crippen molar-refractivity contribution in [3.8, 4) is 0 Å². The second-order valence-corrected chi connectivity index (χ2v) is 25.8. The molecule has 0 aromatic heterocycles. The molecule has 0 saturated carbocycles. The van der Waals surface area contributed by atoms with Crippen molar-refractivity contribution in [2.45, 2.75) is 109 Å². The summed E-state index contributed by atoms with van der Waals surface area (Å²) in [4.78, 5) is 23.2. The summed E-state index contributed by atoms with van der Waals surface area (Å²) in [6, 6.07) is 2.96. The van der Waals surface area contributed by atoms with Crippen LogP contribution in [0.25, 0.3) is 0 Å². The maximum absolute atomic E-state index is 11.6. The van der Waals surface area contributed by atoms with Gasteiger partial charge in [-0.25, -0.2) is 9.59 Å². The van der Waals surface area contributed by atoms with Crippen molar-refractivity contribution >= 4 is 36.6 Å². The Morgan fingerprint density at radius 3 is 1.82 bits per heavy atom. The molecule has 1 rings (SSSR count). The molecule has 2 atom stereocenters. The Balaban J connectivity index is 2.61. The first kappa shape index (κ1) is 31.0. The second-order valence-electron chi connectivity index (χ2n) is 12.0. The molecule has 0 amide bonds. The molecule has 0 aliphatic carbocycles. The van der Waals surface area contributed by atoms with E-state index in [0.29, 0.717) is 24.4 Å². The van der Waals surface area contributed by atoms with Crippen LogP contribution in [0.2, 0.25) is 50.9 Å². The smallest absolute Gasteiger partial charge is 0.333 e. The van der Waals surface area contributed by atoms with E-state index >= 15 is 0 Å². The minimum Gasteiger partial charge on any atom is -0.462 e. The number of ether oxygens (including phenoxy) is 2. The van der Waals surface area contributed by atoms with E-state index in [1.807, 2.05) is 0 Å². The number of hydrogen-bond acceptors (Lipinski definition) is 6. The summed E-state index contributed by atoms with van der Waals surface area (Å²) in [7, 11) is -5.73. The normalized spacial score (nSPS) is 22.8. The molecular formula is C25H48O6Si3. The van der Waals surface area contributed by atoms with E-state index in [4.69, 9.17) is 18.3 Å². The molecule has 34 heavy (non-hydrogen) atoms. The Morgan fingerprint density at radius 1 is 0.941 bits per heavy atom. The van der Waals surface area contributed by atoms with Crippen LogP contribution >= 0.6 is 0 Å². The summed E-state index contributed by atoms with van der Waals surface area (Å²) >= 11 is 0. The average Bonchev–Trinajstić information content (AvgIpc) is 3.18. The van der Waals surface area contributed by atoms with Gasteiger partial charge in [0.1, 0.15) is 0 Å². The number of esters is 2. The Hall–Kier alpha value is -1.01. The molecule has 1 saturated heterocycles. The molecule has 1 aliphatic rings. The summed E-state index contributed by atoms with van der Waals surface area (Å²) in [5.74, 6) is -0.646. The maximum atomic E-state index is 11.6. The molecule has 1 heterocycles. The minimum absolute atomic E-state index is 0.171. The predicted octanol–water partition coefficient (Wildman–Crippen LogP) is 6.16. The molecule has 1 aliphatic heterocycles. The van der Waals surface area contributed by atoms with Gasteiger partial charge in [0.25, 0.3) is 0 Å². The van der Waals surface area contributed by atoms with Crippen molar-refractivity contribution in [3.63, 3.8) is 0 Å². The van der Waals surface area contributed by atoms with Crippen LogP contribution in [0.1, 0.15) is 47.5 Å².